The van der Waals surface area contributed by atoms with Crippen molar-refractivity contribution in [2.75, 3.05) is 6.54 Å². The molecular formula is C15H25NS. The van der Waals surface area contributed by atoms with E-state index in [0.717, 1.165) is 18.4 Å². The average Bonchev–Trinajstić information content (AvgIpc) is 2.72. The lowest BCUT2D eigenvalue weighted by Gasteiger charge is -2.34. The molecule has 2 heteroatoms. The van der Waals surface area contributed by atoms with Gasteiger partial charge in [-0.3, -0.25) is 0 Å². The van der Waals surface area contributed by atoms with Crippen molar-refractivity contribution < 1.29 is 0 Å². The van der Waals surface area contributed by atoms with E-state index in [1.807, 2.05) is 11.3 Å². The number of rotatable bonds is 4. The summed E-state index contributed by atoms with van der Waals surface area (Å²) >= 11 is 1.85. The van der Waals surface area contributed by atoms with Crippen LogP contribution in [0, 0.1) is 18.8 Å². The Kier molecular flexibility index (Phi) is 4.63. The van der Waals surface area contributed by atoms with Crippen molar-refractivity contribution in [2.45, 2.75) is 52.5 Å². The molecule has 1 aliphatic carbocycles. The monoisotopic (exact) mass is 251 g/mol. The molecule has 1 N–H and O–H groups in total. The first-order chi connectivity index (χ1) is 8.22. The SMILES string of the molecule is CCNC(c1cscc1C)C1CCCC(C)C1. The van der Waals surface area contributed by atoms with Gasteiger partial charge >= 0.3 is 0 Å². The molecule has 1 saturated carbocycles. The molecule has 1 fully saturated rings. The molecule has 17 heavy (non-hydrogen) atoms. The van der Waals surface area contributed by atoms with Gasteiger partial charge in [0.05, 0.1) is 0 Å². The molecule has 0 spiro atoms. The first-order valence-electron chi connectivity index (χ1n) is 6.98. The Morgan fingerprint density at radius 1 is 1.41 bits per heavy atom. The summed E-state index contributed by atoms with van der Waals surface area (Å²) in [7, 11) is 0. The van der Waals surface area contributed by atoms with Gasteiger partial charge in [0.1, 0.15) is 0 Å². The molecule has 0 radical (unpaired) electrons. The fourth-order valence-corrected chi connectivity index (χ4v) is 4.11. The van der Waals surface area contributed by atoms with E-state index >= 15 is 0 Å². The number of hydrogen-bond acceptors (Lipinski definition) is 2. The van der Waals surface area contributed by atoms with Gasteiger partial charge in [-0.05, 0) is 60.0 Å². The van der Waals surface area contributed by atoms with Crippen LogP contribution in [0.15, 0.2) is 10.8 Å². The molecule has 1 aromatic rings. The van der Waals surface area contributed by atoms with Crippen LogP contribution in [0.25, 0.3) is 0 Å². The lowest BCUT2D eigenvalue weighted by molar-refractivity contribution is 0.225. The van der Waals surface area contributed by atoms with E-state index in [-0.39, 0.29) is 0 Å². The molecule has 0 amide bonds. The second-order valence-electron chi connectivity index (χ2n) is 5.58. The van der Waals surface area contributed by atoms with Crippen LogP contribution < -0.4 is 5.32 Å². The molecule has 1 aromatic heterocycles. The third kappa shape index (κ3) is 3.11. The number of thiophene rings is 1. The highest BCUT2D eigenvalue weighted by molar-refractivity contribution is 7.08. The Morgan fingerprint density at radius 3 is 2.82 bits per heavy atom. The Morgan fingerprint density at radius 2 is 2.24 bits per heavy atom. The summed E-state index contributed by atoms with van der Waals surface area (Å²) in [4.78, 5) is 0. The van der Waals surface area contributed by atoms with Gasteiger partial charge in [-0.2, -0.15) is 11.3 Å². The first kappa shape index (κ1) is 13.1. The summed E-state index contributed by atoms with van der Waals surface area (Å²) < 4.78 is 0. The van der Waals surface area contributed by atoms with Crippen molar-refractivity contribution in [3.63, 3.8) is 0 Å². The average molecular weight is 251 g/mol. The molecule has 0 aromatic carbocycles. The second-order valence-corrected chi connectivity index (χ2v) is 6.32. The molecule has 1 heterocycles. The molecule has 0 aliphatic heterocycles. The lowest BCUT2D eigenvalue weighted by atomic mass is 9.76. The maximum absolute atomic E-state index is 3.72. The van der Waals surface area contributed by atoms with E-state index in [1.165, 1.54) is 31.2 Å². The highest BCUT2D eigenvalue weighted by atomic mass is 32.1. The van der Waals surface area contributed by atoms with Crippen LogP contribution in [-0.2, 0) is 0 Å². The van der Waals surface area contributed by atoms with E-state index < -0.39 is 0 Å². The molecule has 2 rings (SSSR count). The summed E-state index contributed by atoms with van der Waals surface area (Å²) in [5.41, 5.74) is 3.02. The molecular weight excluding hydrogens is 226 g/mol. The van der Waals surface area contributed by atoms with E-state index in [1.54, 1.807) is 5.56 Å². The number of nitrogens with one attached hydrogen (secondary N) is 1. The van der Waals surface area contributed by atoms with Crippen LogP contribution in [0.3, 0.4) is 0 Å². The zero-order valence-corrected chi connectivity index (χ0v) is 12.1. The normalized spacial score (nSPS) is 27.0. The van der Waals surface area contributed by atoms with Gasteiger partial charge in [0.25, 0.3) is 0 Å². The molecule has 0 saturated heterocycles. The maximum Gasteiger partial charge on any atom is 0.0359 e. The summed E-state index contributed by atoms with van der Waals surface area (Å²) in [6.07, 6.45) is 5.64. The molecule has 3 atom stereocenters. The molecule has 3 unspecified atom stereocenters. The third-order valence-corrected chi connectivity index (χ3v) is 4.98. The summed E-state index contributed by atoms with van der Waals surface area (Å²) in [6.45, 7) is 7.96. The minimum absolute atomic E-state index is 0.592. The van der Waals surface area contributed by atoms with E-state index in [9.17, 15) is 0 Å². The summed E-state index contributed by atoms with van der Waals surface area (Å²) in [6, 6.07) is 0.592. The van der Waals surface area contributed by atoms with Crippen molar-refractivity contribution in [2.24, 2.45) is 11.8 Å². The predicted octanol–water partition coefficient (Wildman–Crippen LogP) is 4.53. The topological polar surface area (TPSA) is 12.0 Å². The standard InChI is InChI=1S/C15H25NS/c1-4-16-15(14-10-17-9-12(14)3)13-7-5-6-11(2)8-13/h9-11,13,15-16H,4-8H2,1-3H3. The van der Waals surface area contributed by atoms with Crippen LogP contribution >= 0.6 is 11.3 Å². The van der Waals surface area contributed by atoms with Gasteiger partial charge in [0, 0.05) is 6.04 Å². The maximum atomic E-state index is 3.72. The smallest absolute Gasteiger partial charge is 0.0359 e. The number of hydrogen-bond donors (Lipinski definition) is 1. The van der Waals surface area contributed by atoms with Crippen molar-refractivity contribution in [1.29, 1.82) is 0 Å². The Balaban J connectivity index is 2.14. The molecule has 1 nitrogen and oxygen atoms in total. The van der Waals surface area contributed by atoms with Crippen LogP contribution in [0.1, 0.15) is 56.7 Å². The zero-order valence-electron chi connectivity index (χ0n) is 11.3. The van der Waals surface area contributed by atoms with E-state index in [2.05, 4.69) is 36.8 Å². The minimum atomic E-state index is 0.592. The Hall–Kier alpha value is -0.340. The highest BCUT2D eigenvalue weighted by Gasteiger charge is 2.28. The van der Waals surface area contributed by atoms with Crippen molar-refractivity contribution in [3.05, 3.63) is 21.9 Å². The summed E-state index contributed by atoms with van der Waals surface area (Å²) in [5, 5.41) is 8.36. The van der Waals surface area contributed by atoms with Gasteiger partial charge in [-0.1, -0.05) is 26.7 Å². The van der Waals surface area contributed by atoms with Crippen LogP contribution in [0.5, 0.6) is 0 Å². The second kappa shape index (κ2) is 6.01. The minimum Gasteiger partial charge on any atom is -0.310 e. The lowest BCUT2D eigenvalue weighted by Crippen LogP contribution is -2.31. The van der Waals surface area contributed by atoms with Crippen molar-refractivity contribution >= 4 is 11.3 Å². The fraction of sp³-hybridized carbons (Fsp3) is 0.733. The molecule has 1 aliphatic rings. The van der Waals surface area contributed by atoms with Crippen LogP contribution in [-0.4, -0.2) is 6.54 Å². The predicted molar refractivity (Wildman–Crippen MR) is 76.6 cm³/mol. The molecule has 0 bridgehead atoms. The summed E-state index contributed by atoms with van der Waals surface area (Å²) in [5.74, 6) is 1.75. The Labute approximate surface area is 110 Å². The number of aryl methyl sites for hydroxylation is 1. The van der Waals surface area contributed by atoms with E-state index in [0.29, 0.717) is 6.04 Å². The largest absolute Gasteiger partial charge is 0.310 e. The van der Waals surface area contributed by atoms with Gasteiger partial charge < -0.3 is 5.32 Å². The van der Waals surface area contributed by atoms with Gasteiger partial charge in [-0.25, -0.2) is 0 Å². The third-order valence-electron chi connectivity index (χ3n) is 4.10. The van der Waals surface area contributed by atoms with Gasteiger partial charge in [-0.15, -0.1) is 0 Å². The zero-order chi connectivity index (χ0) is 12.3. The fourth-order valence-electron chi connectivity index (χ4n) is 3.22. The van der Waals surface area contributed by atoms with Crippen molar-refractivity contribution in [1.82, 2.24) is 5.32 Å². The first-order valence-corrected chi connectivity index (χ1v) is 7.92. The highest BCUT2D eigenvalue weighted by Crippen LogP contribution is 2.38. The van der Waals surface area contributed by atoms with Gasteiger partial charge in [0.2, 0.25) is 0 Å². The quantitative estimate of drug-likeness (QED) is 0.829. The van der Waals surface area contributed by atoms with E-state index in [4.69, 9.17) is 0 Å². The van der Waals surface area contributed by atoms with Crippen LogP contribution in [0.4, 0.5) is 0 Å². The molecule has 96 valence electrons. The van der Waals surface area contributed by atoms with Crippen LogP contribution in [0.2, 0.25) is 0 Å². The van der Waals surface area contributed by atoms with Crippen molar-refractivity contribution in [3.8, 4) is 0 Å². The Bertz CT molecular complexity index is 344. The van der Waals surface area contributed by atoms with Gasteiger partial charge in [0.15, 0.2) is 0 Å².